The van der Waals surface area contributed by atoms with Crippen molar-refractivity contribution in [3.05, 3.63) is 39.9 Å². The first-order valence-electron chi connectivity index (χ1n) is 7.33. The molecule has 0 atom stereocenters. The van der Waals surface area contributed by atoms with Crippen molar-refractivity contribution in [1.82, 2.24) is 14.8 Å². The number of primary amides is 1. The van der Waals surface area contributed by atoms with Gasteiger partial charge in [0.25, 0.3) is 0 Å². The van der Waals surface area contributed by atoms with Crippen LogP contribution >= 0.6 is 27.7 Å². The molecule has 1 aliphatic rings. The second-order valence-electron chi connectivity index (χ2n) is 5.49. The number of hydrogen-bond acceptors (Lipinski definition) is 4. The SMILES string of the molecule is NC(=O)CCc1nnc(SCc2ccc(F)cc2Br)n1C1CC1. The summed E-state index contributed by atoms with van der Waals surface area (Å²) in [7, 11) is 0. The van der Waals surface area contributed by atoms with Crippen molar-refractivity contribution in [1.29, 1.82) is 0 Å². The molecule has 122 valence electrons. The zero-order chi connectivity index (χ0) is 16.4. The molecule has 0 saturated heterocycles. The van der Waals surface area contributed by atoms with Crippen LogP contribution in [0.4, 0.5) is 4.39 Å². The molecule has 0 spiro atoms. The largest absolute Gasteiger partial charge is 0.370 e. The Morgan fingerprint density at radius 1 is 1.43 bits per heavy atom. The van der Waals surface area contributed by atoms with Crippen molar-refractivity contribution in [3.8, 4) is 0 Å². The number of nitrogens with two attached hydrogens (primary N) is 1. The van der Waals surface area contributed by atoms with E-state index in [1.807, 2.05) is 0 Å². The summed E-state index contributed by atoms with van der Waals surface area (Å²) in [6.45, 7) is 0. The normalized spacial score (nSPS) is 14.2. The Kier molecular flexibility index (Phi) is 5.01. The van der Waals surface area contributed by atoms with Gasteiger partial charge in [0.1, 0.15) is 11.6 Å². The second kappa shape index (κ2) is 7.00. The Labute approximate surface area is 146 Å². The summed E-state index contributed by atoms with van der Waals surface area (Å²) in [6.07, 6.45) is 3.00. The summed E-state index contributed by atoms with van der Waals surface area (Å²) in [6, 6.07) is 5.09. The number of hydrogen-bond donors (Lipinski definition) is 1. The van der Waals surface area contributed by atoms with Crippen molar-refractivity contribution >= 4 is 33.6 Å². The van der Waals surface area contributed by atoms with Gasteiger partial charge in [-0.05, 0) is 30.5 Å². The van der Waals surface area contributed by atoms with Crippen LogP contribution in [0.1, 0.15) is 36.7 Å². The molecule has 1 aliphatic carbocycles. The van der Waals surface area contributed by atoms with Gasteiger partial charge in [-0.2, -0.15) is 0 Å². The molecule has 8 heteroatoms. The minimum absolute atomic E-state index is 0.263. The molecular formula is C15H16BrFN4OS. The van der Waals surface area contributed by atoms with Gasteiger partial charge in [-0.3, -0.25) is 4.79 Å². The maximum atomic E-state index is 13.1. The third kappa shape index (κ3) is 4.11. The molecule has 1 fully saturated rings. The molecule has 0 aliphatic heterocycles. The maximum Gasteiger partial charge on any atom is 0.217 e. The first-order valence-corrected chi connectivity index (χ1v) is 9.11. The van der Waals surface area contributed by atoms with Gasteiger partial charge in [0.05, 0.1) is 0 Å². The van der Waals surface area contributed by atoms with Gasteiger partial charge in [-0.1, -0.05) is 33.8 Å². The van der Waals surface area contributed by atoms with E-state index in [-0.39, 0.29) is 18.1 Å². The molecule has 5 nitrogen and oxygen atoms in total. The fourth-order valence-corrected chi connectivity index (χ4v) is 4.00. The second-order valence-corrected chi connectivity index (χ2v) is 7.29. The topological polar surface area (TPSA) is 73.8 Å². The Morgan fingerprint density at radius 2 is 2.22 bits per heavy atom. The number of rotatable bonds is 7. The Balaban J connectivity index is 1.73. The highest BCUT2D eigenvalue weighted by Crippen LogP contribution is 2.39. The van der Waals surface area contributed by atoms with Gasteiger partial charge in [-0.15, -0.1) is 10.2 Å². The number of thioether (sulfide) groups is 1. The van der Waals surface area contributed by atoms with E-state index in [9.17, 15) is 9.18 Å². The average molecular weight is 399 g/mol. The number of halogens is 2. The molecule has 2 N–H and O–H groups in total. The number of aryl methyl sites for hydroxylation is 1. The van der Waals surface area contributed by atoms with Gasteiger partial charge < -0.3 is 10.3 Å². The molecule has 1 amide bonds. The van der Waals surface area contributed by atoms with Crippen molar-refractivity contribution in [2.45, 2.75) is 42.6 Å². The molecule has 0 bridgehead atoms. The van der Waals surface area contributed by atoms with Crippen molar-refractivity contribution in [2.75, 3.05) is 0 Å². The van der Waals surface area contributed by atoms with E-state index in [1.165, 1.54) is 12.1 Å². The number of amides is 1. The third-order valence-corrected chi connectivity index (χ3v) is 5.34. The Morgan fingerprint density at radius 3 is 2.87 bits per heavy atom. The number of carbonyl (C=O) groups is 1. The molecular weight excluding hydrogens is 383 g/mol. The van der Waals surface area contributed by atoms with E-state index in [0.29, 0.717) is 18.2 Å². The van der Waals surface area contributed by atoms with Crippen LogP contribution in [0.15, 0.2) is 27.8 Å². The van der Waals surface area contributed by atoms with Crippen LogP contribution in [-0.2, 0) is 17.0 Å². The zero-order valence-electron chi connectivity index (χ0n) is 12.3. The monoisotopic (exact) mass is 398 g/mol. The number of nitrogens with zero attached hydrogens (tertiary/aromatic N) is 3. The lowest BCUT2D eigenvalue weighted by Gasteiger charge is -2.09. The molecule has 1 aromatic carbocycles. The molecule has 0 radical (unpaired) electrons. The van der Waals surface area contributed by atoms with Crippen molar-refractivity contribution < 1.29 is 9.18 Å². The van der Waals surface area contributed by atoms with Crippen LogP contribution in [0.3, 0.4) is 0 Å². The van der Waals surface area contributed by atoms with Crippen LogP contribution < -0.4 is 5.73 Å². The zero-order valence-corrected chi connectivity index (χ0v) is 14.7. The third-order valence-electron chi connectivity index (χ3n) is 3.61. The lowest BCUT2D eigenvalue weighted by atomic mass is 10.2. The van der Waals surface area contributed by atoms with Gasteiger partial charge in [0.2, 0.25) is 5.91 Å². The summed E-state index contributed by atoms with van der Waals surface area (Å²) in [4.78, 5) is 11.0. The van der Waals surface area contributed by atoms with Crippen LogP contribution in [0.2, 0.25) is 0 Å². The van der Waals surface area contributed by atoms with E-state index in [1.54, 1.807) is 17.8 Å². The van der Waals surface area contributed by atoms with Gasteiger partial charge >= 0.3 is 0 Å². The highest BCUT2D eigenvalue weighted by Gasteiger charge is 2.29. The first kappa shape index (κ1) is 16.4. The molecule has 1 aromatic heterocycles. The highest BCUT2D eigenvalue weighted by molar-refractivity contribution is 9.10. The molecule has 3 rings (SSSR count). The van der Waals surface area contributed by atoms with Gasteiger partial charge in [0.15, 0.2) is 5.16 Å². The summed E-state index contributed by atoms with van der Waals surface area (Å²) in [5.74, 6) is 0.883. The average Bonchev–Trinajstić information content (AvgIpc) is 3.25. The summed E-state index contributed by atoms with van der Waals surface area (Å²) < 4.78 is 16.0. The number of benzene rings is 1. The molecule has 0 unspecified atom stereocenters. The maximum absolute atomic E-state index is 13.1. The van der Waals surface area contributed by atoms with E-state index in [2.05, 4.69) is 30.7 Å². The minimum atomic E-state index is -0.334. The minimum Gasteiger partial charge on any atom is -0.370 e. The van der Waals surface area contributed by atoms with Gasteiger partial charge in [0, 0.05) is 29.1 Å². The van der Waals surface area contributed by atoms with Crippen LogP contribution in [0, 0.1) is 5.82 Å². The highest BCUT2D eigenvalue weighted by atomic mass is 79.9. The Bertz CT molecular complexity index is 732. The number of carbonyl (C=O) groups excluding carboxylic acids is 1. The van der Waals surface area contributed by atoms with Crippen LogP contribution in [0.5, 0.6) is 0 Å². The van der Waals surface area contributed by atoms with Crippen molar-refractivity contribution in [2.24, 2.45) is 5.73 Å². The summed E-state index contributed by atoms with van der Waals surface area (Å²) in [5.41, 5.74) is 6.22. The van der Waals surface area contributed by atoms with Crippen LogP contribution in [-0.4, -0.2) is 20.7 Å². The molecule has 1 heterocycles. The van der Waals surface area contributed by atoms with E-state index >= 15 is 0 Å². The van der Waals surface area contributed by atoms with E-state index < -0.39 is 0 Å². The van der Waals surface area contributed by atoms with E-state index in [4.69, 9.17) is 5.73 Å². The molecule has 23 heavy (non-hydrogen) atoms. The molecule has 2 aromatic rings. The standard InChI is InChI=1S/C15H16BrFN4OS/c16-12-7-10(17)2-1-9(12)8-23-15-20-19-14(6-5-13(18)22)21(15)11-3-4-11/h1-2,7,11H,3-6,8H2,(H2,18,22). The lowest BCUT2D eigenvalue weighted by Crippen LogP contribution is -2.13. The number of aromatic nitrogens is 3. The fraction of sp³-hybridized carbons (Fsp3) is 0.400. The Hall–Kier alpha value is -1.41. The summed E-state index contributed by atoms with van der Waals surface area (Å²) in [5, 5.41) is 9.30. The summed E-state index contributed by atoms with van der Waals surface area (Å²) >= 11 is 4.94. The first-order chi connectivity index (χ1) is 11.0. The quantitative estimate of drug-likeness (QED) is 0.726. The lowest BCUT2D eigenvalue weighted by molar-refractivity contribution is -0.118. The van der Waals surface area contributed by atoms with E-state index in [0.717, 1.165) is 33.9 Å². The van der Waals surface area contributed by atoms with Crippen molar-refractivity contribution in [3.63, 3.8) is 0 Å². The smallest absolute Gasteiger partial charge is 0.217 e. The predicted octanol–water partition coefficient (Wildman–Crippen LogP) is 3.22. The predicted molar refractivity (Wildman–Crippen MR) is 89.5 cm³/mol. The van der Waals surface area contributed by atoms with Crippen LogP contribution in [0.25, 0.3) is 0 Å². The van der Waals surface area contributed by atoms with Gasteiger partial charge in [-0.25, -0.2) is 4.39 Å². The molecule has 1 saturated carbocycles. The fourth-order valence-electron chi connectivity index (χ4n) is 2.29.